The van der Waals surface area contributed by atoms with Crippen LogP contribution in [0.5, 0.6) is 0 Å². The first-order valence-electron chi connectivity index (χ1n) is 10.0. The smallest absolute Gasteiger partial charge is 0.306 e. The van der Waals surface area contributed by atoms with Gasteiger partial charge in [-0.3, -0.25) is 0 Å². The lowest BCUT2D eigenvalue weighted by atomic mass is 10.1. The van der Waals surface area contributed by atoms with Crippen molar-refractivity contribution in [1.82, 2.24) is 5.10 Å². The minimum absolute atomic E-state index is 0. The maximum atomic E-state index is 6.53. The fraction of sp³-hybridized carbons (Fsp3) is 0. The molecule has 0 fully saturated rings. The predicted molar refractivity (Wildman–Crippen MR) is 134 cm³/mol. The summed E-state index contributed by atoms with van der Waals surface area (Å²) in [5.41, 5.74) is 5.16. The normalized spacial score (nSPS) is 10.5. The molecule has 5 aromatic rings. The van der Waals surface area contributed by atoms with E-state index in [1.54, 1.807) is 6.07 Å². The van der Waals surface area contributed by atoms with Gasteiger partial charge in [-0.15, -0.1) is 0 Å². The van der Waals surface area contributed by atoms with Gasteiger partial charge in [0.2, 0.25) is 5.69 Å². The Bertz CT molecular complexity index is 1360. The van der Waals surface area contributed by atoms with Crippen LogP contribution in [0.25, 0.3) is 27.4 Å². The molecular formula is C26H18Cl3N3S. The van der Waals surface area contributed by atoms with Gasteiger partial charge < -0.3 is 17.7 Å². The number of hydrogen-bond donors (Lipinski definition) is 1. The molecule has 3 nitrogen and oxygen atoms in total. The summed E-state index contributed by atoms with van der Waals surface area (Å²) >= 11 is 14.2. The van der Waals surface area contributed by atoms with Crippen molar-refractivity contribution in [2.24, 2.45) is 0 Å². The van der Waals surface area contributed by atoms with E-state index in [9.17, 15) is 0 Å². The Balaban J connectivity index is 0.00000259. The Morgan fingerprint density at radius 2 is 1.36 bits per heavy atom. The molecule has 0 aliphatic rings. The molecule has 5 rings (SSSR count). The number of aromatic nitrogens is 2. The molecule has 4 aromatic carbocycles. The standard InChI is InChI=1S/C26H18Cl2N3S.ClH/c27-20-13-16-23(24(28)17-20)25-31(22-9-5-2-6-10-22)30-26(32-25)29-21-14-11-19(12-15-21)18-7-3-1-4-8-18;/h1-17H,(H,29,30);1H/q+1;/p-1. The van der Waals surface area contributed by atoms with Crippen molar-refractivity contribution < 1.29 is 17.1 Å². The molecule has 0 atom stereocenters. The highest BCUT2D eigenvalue weighted by Gasteiger charge is 2.26. The van der Waals surface area contributed by atoms with Gasteiger partial charge in [-0.1, -0.05) is 83.9 Å². The van der Waals surface area contributed by atoms with Crippen LogP contribution in [0, 0.1) is 0 Å². The van der Waals surface area contributed by atoms with Gasteiger partial charge in [0.1, 0.15) is 0 Å². The first kappa shape index (κ1) is 23.3. The van der Waals surface area contributed by atoms with Crippen LogP contribution in [-0.4, -0.2) is 5.10 Å². The third-order valence-corrected chi connectivity index (χ3v) is 6.49. The SMILES string of the molecule is Clc1ccc(-c2sc(Nc3ccc(-c4ccccc4)cc3)n[n+]2-c2ccccc2)c(Cl)c1.[Cl-]. The Morgan fingerprint density at radius 1 is 0.727 bits per heavy atom. The molecule has 0 bridgehead atoms. The van der Waals surface area contributed by atoms with Crippen LogP contribution < -0.4 is 22.4 Å². The van der Waals surface area contributed by atoms with Gasteiger partial charge in [0.05, 0.1) is 10.6 Å². The van der Waals surface area contributed by atoms with E-state index in [0.717, 1.165) is 27.1 Å². The van der Waals surface area contributed by atoms with Crippen LogP contribution in [0.4, 0.5) is 10.8 Å². The van der Waals surface area contributed by atoms with Gasteiger partial charge in [0, 0.05) is 27.9 Å². The minimum Gasteiger partial charge on any atom is -1.00 e. The summed E-state index contributed by atoms with van der Waals surface area (Å²) in [4.78, 5) is 0. The average molecular weight is 511 g/mol. The number of halogens is 3. The van der Waals surface area contributed by atoms with Gasteiger partial charge in [0.15, 0.2) is 0 Å². The Hall–Kier alpha value is -2.89. The third-order valence-electron chi connectivity index (χ3n) is 4.98. The van der Waals surface area contributed by atoms with E-state index in [1.807, 2.05) is 65.3 Å². The summed E-state index contributed by atoms with van der Waals surface area (Å²) in [5, 5.41) is 11.1. The Kier molecular flexibility index (Phi) is 7.31. The summed E-state index contributed by atoms with van der Waals surface area (Å²) in [6, 6.07) is 34.2. The molecule has 0 aliphatic carbocycles. The van der Waals surface area contributed by atoms with E-state index in [-0.39, 0.29) is 12.4 Å². The first-order chi connectivity index (χ1) is 15.7. The fourth-order valence-electron chi connectivity index (χ4n) is 3.42. The van der Waals surface area contributed by atoms with Crippen LogP contribution in [-0.2, 0) is 0 Å². The van der Waals surface area contributed by atoms with Gasteiger partial charge in [-0.25, -0.2) is 0 Å². The summed E-state index contributed by atoms with van der Waals surface area (Å²) in [6.45, 7) is 0. The molecule has 0 unspecified atom stereocenters. The lowest BCUT2D eigenvalue weighted by Crippen LogP contribution is -3.00. The lowest BCUT2D eigenvalue weighted by Gasteiger charge is -2.04. The Morgan fingerprint density at radius 3 is 2.03 bits per heavy atom. The maximum absolute atomic E-state index is 6.53. The zero-order valence-corrected chi connectivity index (χ0v) is 20.3. The predicted octanol–water partition coefficient (Wildman–Crippen LogP) is 4.81. The third kappa shape index (κ3) is 5.21. The number of nitrogens with zero attached hydrogens (tertiary/aromatic N) is 2. The molecule has 1 N–H and O–H groups in total. The highest BCUT2D eigenvalue weighted by molar-refractivity contribution is 7.18. The fourth-order valence-corrected chi connectivity index (χ4v) is 4.97. The van der Waals surface area contributed by atoms with Gasteiger partial charge in [-0.05, 0) is 57.5 Å². The van der Waals surface area contributed by atoms with E-state index in [4.69, 9.17) is 28.3 Å². The highest BCUT2D eigenvalue weighted by Crippen LogP contribution is 2.34. The summed E-state index contributed by atoms with van der Waals surface area (Å²) in [6.07, 6.45) is 0. The summed E-state index contributed by atoms with van der Waals surface area (Å²) in [5.74, 6) is 0. The van der Waals surface area contributed by atoms with Crippen LogP contribution in [0.1, 0.15) is 0 Å². The van der Waals surface area contributed by atoms with Crippen molar-refractivity contribution in [2.75, 3.05) is 5.32 Å². The van der Waals surface area contributed by atoms with Gasteiger partial charge in [-0.2, -0.15) is 0 Å². The summed E-state index contributed by atoms with van der Waals surface area (Å²) < 4.78 is 1.90. The van der Waals surface area contributed by atoms with Crippen molar-refractivity contribution in [2.45, 2.75) is 0 Å². The maximum Gasteiger partial charge on any atom is 0.306 e. The van der Waals surface area contributed by atoms with E-state index in [1.165, 1.54) is 22.5 Å². The van der Waals surface area contributed by atoms with Crippen LogP contribution in [0.15, 0.2) is 103 Å². The van der Waals surface area contributed by atoms with Crippen LogP contribution >= 0.6 is 34.5 Å². The lowest BCUT2D eigenvalue weighted by molar-refractivity contribution is -0.642. The van der Waals surface area contributed by atoms with Crippen molar-refractivity contribution in [3.05, 3.63) is 113 Å². The first-order valence-corrected chi connectivity index (χ1v) is 11.6. The second-order valence-electron chi connectivity index (χ2n) is 7.15. The zero-order valence-electron chi connectivity index (χ0n) is 17.3. The molecule has 1 heterocycles. The van der Waals surface area contributed by atoms with E-state index in [2.05, 4.69) is 41.7 Å². The number of nitrogens with one attached hydrogen (secondary N) is 1. The molecule has 0 radical (unpaired) electrons. The molecule has 0 amide bonds. The number of rotatable bonds is 5. The number of para-hydroxylation sites is 1. The molecule has 1 aromatic heterocycles. The molecule has 0 spiro atoms. The quantitative estimate of drug-likeness (QED) is 0.344. The van der Waals surface area contributed by atoms with Crippen molar-refractivity contribution >= 4 is 45.4 Å². The number of benzene rings is 4. The van der Waals surface area contributed by atoms with Crippen LogP contribution in [0.3, 0.4) is 0 Å². The molecule has 0 saturated carbocycles. The summed E-state index contributed by atoms with van der Waals surface area (Å²) in [7, 11) is 0. The average Bonchev–Trinajstić information content (AvgIpc) is 3.24. The molecule has 7 heteroatoms. The topological polar surface area (TPSA) is 28.8 Å². The second kappa shape index (κ2) is 10.4. The highest BCUT2D eigenvalue weighted by atomic mass is 35.5. The van der Waals surface area contributed by atoms with E-state index in [0.29, 0.717) is 10.0 Å². The van der Waals surface area contributed by atoms with Crippen molar-refractivity contribution in [1.29, 1.82) is 0 Å². The van der Waals surface area contributed by atoms with Crippen molar-refractivity contribution in [3.63, 3.8) is 0 Å². The van der Waals surface area contributed by atoms with E-state index >= 15 is 0 Å². The largest absolute Gasteiger partial charge is 1.00 e. The molecule has 33 heavy (non-hydrogen) atoms. The second-order valence-corrected chi connectivity index (χ2v) is 8.97. The molecule has 0 saturated heterocycles. The monoisotopic (exact) mass is 509 g/mol. The van der Waals surface area contributed by atoms with E-state index < -0.39 is 0 Å². The number of hydrogen-bond acceptors (Lipinski definition) is 3. The molecule has 0 aliphatic heterocycles. The van der Waals surface area contributed by atoms with Crippen molar-refractivity contribution in [3.8, 4) is 27.4 Å². The minimum atomic E-state index is 0. The zero-order chi connectivity index (χ0) is 21.9. The molecule has 164 valence electrons. The van der Waals surface area contributed by atoms with Gasteiger partial charge >= 0.3 is 5.01 Å². The van der Waals surface area contributed by atoms with Crippen LogP contribution in [0.2, 0.25) is 10.0 Å². The molecular weight excluding hydrogens is 493 g/mol. The number of anilines is 2. The Labute approximate surface area is 212 Å². The van der Waals surface area contributed by atoms with Gasteiger partial charge in [0.25, 0.3) is 5.13 Å².